The topological polar surface area (TPSA) is 55.1 Å². The summed E-state index contributed by atoms with van der Waals surface area (Å²) < 4.78 is 25.7. The summed E-state index contributed by atoms with van der Waals surface area (Å²) in [5.74, 6) is -3.46. The molecule has 0 atom stereocenters. The Morgan fingerprint density at radius 3 is 2.83 bits per heavy atom. The lowest BCUT2D eigenvalue weighted by Crippen LogP contribution is -2.41. The molecular formula is C11H15ClF2N2OS. The third-order valence-electron chi connectivity index (χ3n) is 2.78. The van der Waals surface area contributed by atoms with Crippen molar-refractivity contribution in [2.45, 2.75) is 25.2 Å². The van der Waals surface area contributed by atoms with Gasteiger partial charge in [-0.25, -0.2) is 8.78 Å². The molecule has 0 aromatic carbocycles. The average Bonchev–Trinajstić information content (AvgIpc) is 2.86. The zero-order valence-electron chi connectivity index (χ0n) is 9.67. The Morgan fingerprint density at radius 2 is 2.22 bits per heavy atom. The first-order valence-corrected chi connectivity index (χ1v) is 6.31. The molecular weight excluding hydrogens is 282 g/mol. The van der Waals surface area contributed by atoms with Gasteiger partial charge in [0.15, 0.2) is 0 Å². The fraction of sp³-hybridized carbons (Fsp3) is 0.545. The van der Waals surface area contributed by atoms with Gasteiger partial charge in [0, 0.05) is 4.88 Å². The monoisotopic (exact) mass is 296 g/mol. The van der Waals surface area contributed by atoms with Gasteiger partial charge in [0.25, 0.3) is 11.8 Å². The van der Waals surface area contributed by atoms with Gasteiger partial charge in [0.05, 0.1) is 18.0 Å². The van der Waals surface area contributed by atoms with Crippen molar-refractivity contribution in [1.29, 1.82) is 0 Å². The summed E-state index contributed by atoms with van der Waals surface area (Å²) in [4.78, 5) is 13.4. The van der Waals surface area contributed by atoms with Crippen LogP contribution in [0.4, 0.5) is 8.78 Å². The number of fused-ring (bicyclic) bond motifs is 1. The second kappa shape index (κ2) is 5.95. The Labute approximate surface area is 114 Å². The van der Waals surface area contributed by atoms with Crippen molar-refractivity contribution >= 4 is 29.7 Å². The third-order valence-corrected chi connectivity index (χ3v) is 4.01. The molecule has 0 spiro atoms. The molecule has 1 aliphatic carbocycles. The predicted molar refractivity (Wildman–Crippen MR) is 69.9 cm³/mol. The lowest BCUT2D eigenvalue weighted by Gasteiger charge is -2.13. The van der Waals surface area contributed by atoms with E-state index in [4.69, 9.17) is 5.73 Å². The Hall–Kier alpha value is -0.720. The van der Waals surface area contributed by atoms with Gasteiger partial charge < -0.3 is 11.1 Å². The Kier molecular flexibility index (Phi) is 5.07. The molecule has 1 aliphatic rings. The first-order chi connectivity index (χ1) is 8.02. The summed E-state index contributed by atoms with van der Waals surface area (Å²) >= 11 is 1.40. The van der Waals surface area contributed by atoms with Gasteiger partial charge in [0.1, 0.15) is 0 Å². The van der Waals surface area contributed by atoms with Crippen molar-refractivity contribution in [3.8, 4) is 0 Å². The largest absolute Gasteiger partial charge is 0.345 e. The van der Waals surface area contributed by atoms with Crippen LogP contribution < -0.4 is 11.1 Å². The van der Waals surface area contributed by atoms with Crippen LogP contribution in [0.2, 0.25) is 0 Å². The maximum absolute atomic E-state index is 12.9. The number of hydrogen-bond donors (Lipinski definition) is 2. The number of carbonyl (C=O) groups excluding carboxylic acids is 1. The number of amides is 1. The van der Waals surface area contributed by atoms with E-state index in [1.54, 1.807) is 0 Å². The maximum Gasteiger partial charge on any atom is 0.277 e. The Balaban J connectivity index is 0.00000162. The minimum absolute atomic E-state index is 0. The molecule has 7 heteroatoms. The molecule has 0 radical (unpaired) electrons. The van der Waals surface area contributed by atoms with E-state index in [9.17, 15) is 13.6 Å². The first kappa shape index (κ1) is 15.3. The molecule has 1 aromatic rings. The number of rotatable bonds is 4. The number of nitrogens with one attached hydrogen (secondary N) is 1. The first-order valence-electron chi connectivity index (χ1n) is 5.49. The SMILES string of the molecule is Cl.NCC(F)(F)CNC(=O)c1cc2c(s1)CCC2. The summed E-state index contributed by atoms with van der Waals surface area (Å²) in [7, 11) is 0. The van der Waals surface area contributed by atoms with Crippen LogP contribution >= 0.6 is 23.7 Å². The summed E-state index contributed by atoms with van der Waals surface area (Å²) in [5, 5.41) is 2.22. The van der Waals surface area contributed by atoms with E-state index in [0.29, 0.717) is 4.88 Å². The highest BCUT2D eigenvalue weighted by atomic mass is 35.5. The Bertz CT molecular complexity index is 415. The number of nitrogens with two attached hydrogens (primary N) is 1. The highest BCUT2D eigenvalue weighted by molar-refractivity contribution is 7.14. The lowest BCUT2D eigenvalue weighted by molar-refractivity contribution is 0.0119. The summed E-state index contributed by atoms with van der Waals surface area (Å²) in [6.07, 6.45) is 3.10. The molecule has 1 amide bonds. The molecule has 0 fully saturated rings. The van der Waals surface area contributed by atoms with Crippen molar-refractivity contribution in [2.24, 2.45) is 5.73 Å². The van der Waals surface area contributed by atoms with Gasteiger partial charge >= 0.3 is 0 Å². The van der Waals surface area contributed by atoms with Gasteiger partial charge in [-0.2, -0.15) is 0 Å². The number of thiophene rings is 1. The molecule has 0 bridgehead atoms. The number of carbonyl (C=O) groups is 1. The highest BCUT2D eigenvalue weighted by Gasteiger charge is 2.28. The second-order valence-electron chi connectivity index (χ2n) is 4.16. The van der Waals surface area contributed by atoms with Gasteiger partial charge in [-0.05, 0) is 30.9 Å². The molecule has 0 aliphatic heterocycles. The van der Waals surface area contributed by atoms with Crippen molar-refractivity contribution in [3.63, 3.8) is 0 Å². The quantitative estimate of drug-likeness (QED) is 0.893. The average molecular weight is 297 g/mol. The van der Waals surface area contributed by atoms with Gasteiger partial charge in [0.2, 0.25) is 0 Å². The molecule has 102 valence electrons. The molecule has 2 rings (SSSR count). The fourth-order valence-electron chi connectivity index (χ4n) is 1.81. The van der Waals surface area contributed by atoms with Crippen molar-refractivity contribution in [1.82, 2.24) is 5.32 Å². The molecule has 0 unspecified atom stereocenters. The third kappa shape index (κ3) is 3.40. The molecule has 1 heterocycles. The molecule has 0 saturated heterocycles. The van der Waals surface area contributed by atoms with E-state index in [-0.39, 0.29) is 12.4 Å². The van der Waals surface area contributed by atoms with Crippen LogP contribution in [0.15, 0.2) is 6.07 Å². The van der Waals surface area contributed by atoms with Crippen LogP contribution in [-0.2, 0) is 12.8 Å². The zero-order valence-corrected chi connectivity index (χ0v) is 11.3. The van der Waals surface area contributed by atoms with Crippen LogP contribution in [0.3, 0.4) is 0 Å². The number of alkyl halides is 2. The molecule has 3 N–H and O–H groups in total. The second-order valence-corrected chi connectivity index (χ2v) is 5.29. The van der Waals surface area contributed by atoms with Crippen LogP contribution in [-0.4, -0.2) is 24.9 Å². The predicted octanol–water partition coefficient (Wildman–Crippen LogP) is 1.98. The smallest absolute Gasteiger partial charge is 0.277 e. The minimum Gasteiger partial charge on any atom is -0.345 e. The van der Waals surface area contributed by atoms with E-state index >= 15 is 0 Å². The number of aryl methyl sites for hydroxylation is 2. The lowest BCUT2D eigenvalue weighted by atomic mass is 10.2. The van der Waals surface area contributed by atoms with Crippen LogP contribution in [0.1, 0.15) is 26.5 Å². The van der Waals surface area contributed by atoms with Crippen LogP contribution in [0.5, 0.6) is 0 Å². The molecule has 0 saturated carbocycles. The normalized spacial score (nSPS) is 13.9. The van der Waals surface area contributed by atoms with Gasteiger partial charge in [-0.3, -0.25) is 4.79 Å². The van der Waals surface area contributed by atoms with Gasteiger partial charge in [-0.1, -0.05) is 0 Å². The zero-order chi connectivity index (χ0) is 12.5. The van der Waals surface area contributed by atoms with Crippen LogP contribution in [0, 0.1) is 0 Å². The fourth-order valence-corrected chi connectivity index (χ4v) is 2.98. The number of hydrogen-bond acceptors (Lipinski definition) is 3. The van der Waals surface area contributed by atoms with Crippen LogP contribution in [0.25, 0.3) is 0 Å². The van der Waals surface area contributed by atoms with E-state index in [1.165, 1.54) is 21.8 Å². The summed E-state index contributed by atoms with van der Waals surface area (Å²) in [6, 6.07) is 1.81. The molecule has 18 heavy (non-hydrogen) atoms. The van der Waals surface area contributed by atoms with E-state index in [1.807, 2.05) is 6.07 Å². The van der Waals surface area contributed by atoms with E-state index < -0.39 is 24.9 Å². The maximum atomic E-state index is 12.9. The molecule has 1 aromatic heterocycles. The van der Waals surface area contributed by atoms with Gasteiger partial charge in [-0.15, -0.1) is 23.7 Å². The molecule has 3 nitrogen and oxygen atoms in total. The Morgan fingerprint density at radius 1 is 1.50 bits per heavy atom. The standard InChI is InChI=1S/C11H14F2N2OS.ClH/c12-11(13,5-14)6-15-10(16)9-4-7-2-1-3-8(7)17-9;/h4H,1-3,5-6,14H2,(H,15,16);1H. The minimum atomic E-state index is -3.03. The highest BCUT2D eigenvalue weighted by Crippen LogP contribution is 2.30. The number of halogens is 3. The van der Waals surface area contributed by atoms with Crippen molar-refractivity contribution in [2.75, 3.05) is 13.1 Å². The van der Waals surface area contributed by atoms with E-state index in [2.05, 4.69) is 5.32 Å². The van der Waals surface area contributed by atoms with Crippen molar-refractivity contribution < 1.29 is 13.6 Å². The van der Waals surface area contributed by atoms with E-state index in [0.717, 1.165) is 19.3 Å². The summed E-state index contributed by atoms with van der Waals surface area (Å²) in [6.45, 7) is -1.46. The summed E-state index contributed by atoms with van der Waals surface area (Å²) in [5.41, 5.74) is 6.08. The van der Waals surface area contributed by atoms with Crippen molar-refractivity contribution in [3.05, 3.63) is 21.4 Å².